The SMILES string of the molecule is CCc1ccc(NC(=O)/C(C#N)=C/c2cc(Br)ccc2OCc2ccc(F)cc2)cc1. The summed E-state index contributed by atoms with van der Waals surface area (Å²) >= 11 is 3.41. The lowest BCUT2D eigenvalue weighted by molar-refractivity contribution is -0.112. The fourth-order valence-electron chi connectivity index (χ4n) is 2.83. The van der Waals surface area contributed by atoms with Crippen LogP contribution in [0.15, 0.2) is 76.8 Å². The molecule has 0 fully saturated rings. The number of hydrogen-bond donors (Lipinski definition) is 1. The van der Waals surface area contributed by atoms with E-state index in [2.05, 4.69) is 28.2 Å². The van der Waals surface area contributed by atoms with Crippen molar-refractivity contribution in [2.75, 3.05) is 5.32 Å². The van der Waals surface area contributed by atoms with E-state index in [1.807, 2.05) is 30.3 Å². The first-order valence-corrected chi connectivity index (χ1v) is 10.5. The normalized spacial score (nSPS) is 11.0. The van der Waals surface area contributed by atoms with E-state index >= 15 is 0 Å². The van der Waals surface area contributed by atoms with E-state index < -0.39 is 5.91 Å². The number of nitrogens with zero attached hydrogens (tertiary/aromatic N) is 1. The molecule has 0 atom stereocenters. The van der Waals surface area contributed by atoms with E-state index in [0.29, 0.717) is 17.0 Å². The van der Waals surface area contributed by atoms with Crippen molar-refractivity contribution in [3.05, 3.63) is 99.3 Å². The number of halogens is 2. The average molecular weight is 479 g/mol. The number of nitriles is 1. The Kier molecular flexibility index (Phi) is 7.58. The van der Waals surface area contributed by atoms with Gasteiger partial charge >= 0.3 is 0 Å². The Hall–Kier alpha value is -3.43. The maximum Gasteiger partial charge on any atom is 0.266 e. The summed E-state index contributed by atoms with van der Waals surface area (Å²) in [5, 5.41) is 12.3. The second kappa shape index (κ2) is 10.6. The Bertz CT molecular complexity index is 1130. The van der Waals surface area contributed by atoms with Gasteiger partial charge in [0.15, 0.2) is 0 Å². The standard InChI is InChI=1S/C25H20BrFN2O2/c1-2-17-5-10-23(11-6-17)29-25(30)20(15-28)13-19-14-21(26)7-12-24(19)31-16-18-3-8-22(27)9-4-18/h3-14H,2,16H2,1H3,(H,29,30)/b20-13+. The lowest BCUT2D eigenvalue weighted by Crippen LogP contribution is -2.13. The number of carbonyl (C=O) groups is 1. The highest BCUT2D eigenvalue weighted by Crippen LogP contribution is 2.27. The molecule has 0 aliphatic heterocycles. The first-order valence-electron chi connectivity index (χ1n) is 9.67. The average Bonchev–Trinajstić information content (AvgIpc) is 2.78. The Morgan fingerprint density at radius 3 is 2.42 bits per heavy atom. The smallest absolute Gasteiger partial charge is 0.266 e. The second-order valence-electron chi connectivity index (χ2n) is 6.77. The summed E-state index contributed by atoms with van der Waals surface area (Å²) in [6.45, 7) is 2.28. The Morgan fingerprint density at radius 1 is 1.10 bits per heavy atom. The van der Waals surface area contributed by atoms with Gasteiger partial charge in [0.05, 0.1) is 0 Å². The number of nitrogens with one attached hydrogen (secondary N) is 1. The van der Waals surface area contributed by atoms with Gasteiger partial charge in [0.25, 0.3) is 5.91 Å². The number of rotatable bonds is 7. The molecule has 0 aliphatic carbocycles. The minimum Gasteiger partial charge on any atom is -0.488 e. The highest BCUT2D eigenvalue weighted by atomic mass is 79.9. The van der Waals surface area contributed by atoms with Crippen LogP contribution in [0.25, 0.3) is 6.08 Å². The third-order valence-corrected chi connectivity index (χ3v) is 5.06. The van der Waals surface area contributed by atoms with Crippen molar-refractivity contribution >= 4 is 33.6 Å². The molecule has 3 aromatic rings. The number of hydrogen-bond acceptors (Lipinski definition) is 3. The van der Waals surface area contributed by atoms with Gasteiger partial charge in [-0.3, -0.25) is 4.79 Å². The van der Waals surface area contributed by atoms with Crippen LogP contribution in [-0.4, -0.2) is 5.91 Å². The van der Waals surface area contributed by atoms with Gasteiger partial charge in [-0.05, 0) is 66.1 Å². The van der Waals surface area contributed by atoms with Crippen molar-refractivity contribution in [3.8, 4) is 11.8 Å². The number of carbonyl (C=O) groups excluding carboxylic acids is 1. The van der Waals surface area contributed by atoms with Crippen LogP contribution < -0.4 is 10.1 Å². The molecule has 3 rings (SSSR count). The summed E-state index contributed by atoms with van der Waals surface area (Å²) in [6, 6.07) is 20.8. The highest BCUT2D eigenvalue weighted by Gasteiger charge is 2.12. The van der Waals surface area contributed by atoms with Crippen LogP contribution in [0.1, 0.15) is 23.6 Å². The van der Waals surface area contributed by atoms with E-state index in [0.717, 1.165) is 22.0 Å². The molecule has 0 radical (unpaired) electrons. The summed E-state index contributed by atoms with van der Waals surface area (Å²) in [7, 11) is 0. The van der Waals surface area contributed by atoms with Gasteiger partial charge in [-0.2, -0.15) is 5.26 Å². The van der Waals surface area contributed by atoms with Crippen LogP contribution in [0, 0.1) is 17.1 Å². The van der Waals surface area contributed by atoms with Crippen molar-refractivity contribution in [2.45, 2.75) is 20.0 Å². The molecule has 0 bridgehead atoms. The molecule has 1 N–H and O–H groups in total. The molecule has 6 heteroatoms. The Morgan fingerprint density at radius 2 is 1.77 bits per heavy atom. The molecule has 0 heterocycles. The van der Waals surface area contributed by atoms with E-state index in [-0.39, 0.29) is 18.0 Å². The van der Waals surface area contributed by atoms with E-state index in [4.69, 9.17) is 4.74 Å². The summed E-state index contributed by atoms with van der Waals surface area (Å²) in [4.78, 5) is 12.6. The van der Waals surface area contributed by atoms with Gasteiger partial charge in [-0.15, -0.1) is 0 Å². The quantitative estimate of drug-likeness (QED) is 0.321. The first-order chi connectivity index (χ1) is 15.0. The van der Waals surface area contributed by atoms with Crippen LogP contribution in [0.2, 0.25) is 0 Å². The van der Waals surface area contributed by atoms with Crippen molar-refractivity contribution < 1.29 is 13.9 Å². The predicted molar refractivity (Wildman–Crippen MR) is 123 cm³/mol. The van der Waals surface area contributed by atoms with Crippen molar-refractivity contribution in [2.24, 2.45) is 0 Å². The van der Waals surface area contributed by atoms with Gasteiger partial charge in [0.2, 0.25) is 0 Å². The Labute approximate surface area is 189 Å². The number of benzene rings is 3. The summed E-state index contributed by atoms with van der Waals surface area (Å²) < 4.78 is 19.7. The summed E-state index contributed by atoms with van der Waals surface area (Å²) in [5.74, 6) is -0.318. The zero-order valence-corrected chi connectivity index (χ0v) is 18.4. The Balaban J connectivity index is 1.80. The van der Waals surface area contributed by atoms with E-state index in [9.17, 15) is 14.4 Å². The maximum atomic E-state index is 13.1. The molecule has 0 aliphatic rings. The fraction of sp³-hybridized carbons (Fsp3) is 0.120. The van der Waals surface area contributed by atoms with Crippen molar-refractivity contribution in [3.63, 3.8) is 0 Å². The number of amides is 1. The molecule has 0 saturated carbocycles. The molecular weight excluding hydrogens is 459 g/mol. The zero-order chi connectivity index (χ0) is 22.2. The monoisotopic (exact) mass is 478 g/mol. The topological polar surface area (TPSA) is 62.1 Å². The summed E-state index contributed by atoms with van der Waals surface area (Å²) in [6.07, 6.45) is 2.39. The molecule has 3 aromatic carbocycles. The van der Waals surface area contributed by atoms with Crippen LogP contribution in [-0.2, 0) is 17.8 Å². The molecule has 0 aromatic heterocycles. The van der Waals surface area contributed by atoms with Crippen LogP contribution in [0.5, 0.6) is 5.75 Å². The minimum atomic E-state index is -0.504. The molecule has 0 unspecified atom stereocenters. The number of ether oxygens (including phenoxy) is 1. The first kappa shape index (κ1) is 22.3. The van der Waals surface area contributed by atoms with Crippen molar-refractivity contribution in [1.29, 1.82) is 5.26 Å². The van der Waals surface area contributed by atoms with E-state index in [1.165, 1.54) is 18.2 Å². The zero-order valence-electron chi connectivity index (χ0n) is 16.9. The third kappa shape index (κ3) is 6.27. The van der Waals surface area contributed by atoms with Gasteiger partial charge in [-0.25, -0.2) is 4.39 Å². The highest BCUT2D eigenvalue weighted by molar-refractivity contribution is 9.10. The van der Waals surface area contributed by atoms with Crippen LogP contribution in [0.3, 0.4) is 0 Å². The minimum absolute atomic E-state index is 0.0516. The van der Waals surface area contributed by atoms with E-state index in [1.54, 1.807) is 30.3 Å². The molecule has 156 valence electrons. The van der Waals surface area contributed by atoms with Crippen molar-refractivity contribution in [1.82, 2.24) is 0 Å². The van der Waals surface area contributed by atoms with Crippen LogP contribution in [0.4, 0.5) is 10.1 Å². The fourth-order valence-corrected chi connectivity index (χ4v) is 3.21. The largest absolute Gasteiger partial charge is 0.488 e. The molecule has 4 nitrogen and oxygen atoms in total. The second-order valence-corrected chi connectivity index (χ2v) is 7.69. The predicted octanol–water partition coefficient (Wildman–Crippen LogP) is 6.28. The third-order valence-electron chi connectivity index (χ3n) is 4.56. The molecule has 0 spiro atoms. The molecular formula is C25H20BrFN2O2. The van der Waals surface area contributed by atoms with Gasteiger partial charge in [0, 0.05) is 15.7 Å². The number of aryl methyl sites for hydroxylation is 1. The lowest BCUT2D eigenvalue weighted by Gasteiger charge is -2.11. The molecule has 31 heavy (non-hydrogen) atoms. The van der Waals surface area contributed by atoms with Gasteiger partial charge in [-0.1, -0.05) is 47.1 Å². The van der Waals surface area contributed by atoms with Gasteiger partial charge in [0.1, 0.15) is 29.8 Å². The summed E-state index contributed by atoms with van der Waals surface area (Å²) in [5.41, 5.74) is 3.10. The molecule has 1 amide bonds. The number of anilines is 1. The maximum absolute atomic E-state index is 13.1. The lowest BCUT2D eigenvalue weighted by atomic mass is 10.1. The molecule has 0 saturated heterocycles. The van der Waals surface area contributed by atoms with Gasteiger partial charge < -0.3 is 10.1 Å². The van der Waals surface area contributed by atoms with Crippen LogP contribution >= 0.6 is 15.9 Å².